The molecule has 166 valence electrons. The Bertz CT molecular complexity index is 816. The van der Waals surface area contributed by atoms with Crippen LogP contribution in [0.4, 0.5) is 0 Å². The van der Waals surface area contributed by atoms with E-state index in [0.29, 0.717) is 18.4 Å². The third-order valence-corrected chi connectivity index (χ3v) is 7.71. The lowest BCUT2D eigenvalue weighted by molar-refractivity contribution is -0.222. The van der Waals surface area contributed by atoms with Crippen molar-refractivity contribution in [2.24, 2.45) is 17.8 Å². The number of hydrogen-bond donors (Lipinski definition) is 1. The van der Waals surface area contributed by atoms with Gasteiger partial charge in [-0.3, -0.25) is 4.79 Å². The van der Waals surface area contributed by atoms with Crippen molar-refractivity contribution in [2.75, 3.05) is 6.61 Å². The summed E-state index contributed by atoms with van der Waals surface area (Å²) in [5.41, 5.74) is -3.37. The van der Waals surface area contributed by atoms with Crippen molar-refractivity contribution in [3.63, 3.8) is 0 Å². The summed E-state index contributed by atoms with van der Waals surface area (Å²) in [6.45, 7) is 8.17. The van der Waals surface area contributed by atoms with E-state index in [1.807, 2.05) is 6.92 Å². The lowest BCUT2D eigenvalue weighted by Crippen LogP contribution is -2.57. The zero-order valence-corrected chi connectivity index (χ0v) is 18.1. The minimum absolute atomic E-state index is 0.0182. The first-order chi connectivity index (χ1) is 14.0. The molecule has 0 amide bonds. The van der Waals surface area contributed by atoms with Gasteiger partial charge in [-0.05, 0) is 39.5 Å². The summed E-state index contributed by atoms with van der Waals surface area (Å²) < 4.78 is 23.2. The number of ether oxygens (including phenoxy) is 4. The lowest BCUT2D eigenvalue weighted by atomic mass is 9.74. The van der Waals surface area contributed by atoms with E-state index in [2.05, 4.69) is 0 Å². The van der Waals surface area contributed by atoms with Gasteiger partial charge in [-0.2, -0.15) is 0 Å². The topological polar surface area (TPSA) is 108 Å². The maximum atomic E-state index is 12.9. The van der Waals surface area contributed by atoms with Crippen LogP contribution in [0.2, 0.25) is 0 Å². The second-order valence-electron chi connectivity index (χ2n) is 9.55. The number of carbonyl (C=O) groups excluding carboxylic acids is 3. The van der Waals surface area contributed by atoms with Gasteiger partial charge in [0.15, 0.2) is 0 Å². The molecule has 0 unspecified atom stereocenters. The molecule has 1 N–H and O–H groups in total. The highest BCUT2D eigenvalue weighted by Crippen LogP contribution is 2.65. The van der Waals surface area contributed by atoms with E-state index in [4.69, 9.17) is 18.9 Å². The summed E-state index contributed by atoms with van der Waals surface area (Å²) in [5, 5.41) is 11.5. The van der Waals surface area contributed by atoms with Crippen LogP contribution < -0.4 is 0 Å². The Hall–Kier alpha value is -1.93. The molecule has 2 bridgehead atoms. The first-order valence-electron chi connectivity index (χ1n) is 10.6. The molecule has 0 aromatic carbocycles. The van der Waals surface area contributed by atoms with Crippen LogP contribution in [0.25, 0.3) is 0 Å². The molecular weight excluding hydrogens is 392 g/mol. The van der Waals surface area contributed by atoms with E-state index in [1.165, 1.54) is 6.92 Å². The second kappa shape index (κ2) is 6.79. The quantitative estimate of drug-likeness (QED) is 0.414. The van der Waals surface area contributed by atoms with Gasteiger partial charge < -0.3 is 24.1 Å². The Morgan fingerprint density at radius 3 is 2.63 bits per heavy atom. The maximum absolute atomic E-state index is 12.9. The summed E-state index contributed by atoms with van der Waals surface area (Å²) >= 11 is 0. The van der Waals surface area contributed by atoms with E-state index in [9.17, 15) is 19.5 Å². The highest BCUT2D eigenvalue weighted by atomic mass is 16.6. The van der Waals surface area contributed by atoms with Crippen molar-refractivity contribution in [3.05, 3.63) is 11.6 Å². The predicted molar refractivity (Wildman–Crippen MR) is 103 cm³/mol. The standard InChI is InChI=1S/C22H30O8/c1-6-11(2)18(24)28-16-9-20(5,26)22-8-14-15(7-12(3)17(16)22)29-19(25)21(14,30-22)10-27-13(4)23/h6,12,14-17,26H,7-10H2,1-5H3/b11-6+/t12-,14+,15-,16+,17-,20-,21+,22-/m1/s1. The Labute approximate surface area is 175 Å². The minimum atomic E-state index is -1.43. The van der Waals surface area contributed by atoms with Gasteiger partial charge in [0.1, 0.15) is 24.4 Å². The second-order valence-corrected chi connectivity index (χ2v) is 9.55. The summed E-state index contributed by atoms with van der Waals surface area (Å²) in [4.78, 5) is 36.9. The number of aliphatic hydroxyl groups is 1. The van der Waals surface area contributed by atoms with Crippen molar-refractivity contribution < 1.29 is 38.4 Å². The Morgan fingerprint density at radius 2 is 2.00 bits per heavy atom. The molecule has 30 heavy (non-hydrogen) atoms. The maximum Gasteiger partial charge on any atom is 0.342 e. The smallest absolute Gasteiger partial charge is 0.342 e. The molecular formula is C22H30O8. The number of hydrogen-bond acceptors (Lipinski definition) is 8. The molecule has 2 saturated heterocycles. The van der Waals surface area contributed by atoms with Crippen LogP contribution in [-0.2, 0) is 33.3 Å². The molecule has 4 rings (SSSR count). The highest BCUT2D eigenvalue weighted by Gasteiger charge is 2.79. The Kier molecular flexibility index (Phi) is 4.82. The third kappa shape index (κ3) is 2.76. The van der Waals surface area contributed by atoms with Crippen molar-refractivity contribution in [3.8, 4) is 0 Å². The molecule has 8 nitrogen and oxygen atoms in total. The third-order valence-electron chi connectivity index (χ3n) is 7.71. The van der Waals surface area contributed by atoms with Crippen LogP contribution in [0.1, 0.15) is 53.9 Å². The molecule has 0 aromatic heterocycles. The summed E-state index contributed by atoms with van der Waals surface area (Å²) in [5.74, 6) is -2.17. The van der Waals surface area contributed by atoms with Crippen LogP contribution in [-0.4, -0.2) is 58.6 Å². The van der Waals surface area contributed by atoms with Gasteiger partial charge in [0.2, 0.25) is 5.60 Å². The molecule has 1 spiro atoms. The van der Waals surface area contributed by atoms with Gasteiger partial charge >= 0.3 is 17.9 Å². The normalized spacial score (nSPS) is 46.8. The van der Waals surface area contributed by atoms with Crippen LogP contribution >= 0.6 is 0 Å². The molecule has 0 radical (unpaired) electrons. The van der Waals surface area contributed by atoms with E-state index in [1.54, 1.807) is 26.8 Å². The van der Waals surface area contributed by atoms with E-state index in [-0.39, 0.29) is 30.8 Å². The first kappa shape index (κ1) is 21.3. The average molecular weight is 422 g/mol. The molecule has 4 aliphatic rings. The number of allylic oxidation sites excluding steroid dienone is 1. The fourth-order valence-corrected chi connectivity index (χ4v) is 6.18. The number of carbonyl (C=O) groups is 3. The monoisotopic (exact) mass is 422 g/mol. The fourth-order valence-electron chi connectivity index (χ4n) is 6.18. The molecule has 8 atom stereocenters. The van der Waals surface area contributed by atoms with Gasteiger partial charge in [-0.15, -0.1) is 0 Å². The van der Waals surface area contributed by atoms with Crippen molar-refractivity contribution in [2.45, 2.75) is 82.9 Å². The van der Waals surface area contributed by atoms with E-state index < -0.39 is 46.9 Å². The predicted octanol–water partition coefficient (Wildman–Crippen LogP) is 1.68. The van der Waals surface area contributed by atoms with E-state index >= 15 is 0 Å². The lowest BCUT2D eigenvalue weighted by Gasteiger charge is -2.43. The molecule has 8 heteroatoms. The highest BCUT2D eigenvalue weighted by molar-refractivity contribution is 5.88. The van der Waals surface area contributed by atoms with Gasteiger partial charge in [-0.1, -0.05) is 13.0 Å². The van der Waals surface area contributed by atoms with Gasteiger partial charge in [0.05, 0.1) is 5.60 Å². The van der Waals surface area contributed by atoms with Crippen molar-refractivity contribution in [1.29, 1.82) is 0 Å². The zero-order valence-electron chi connectivity index (χ0n) is 18.1. The largest absolute Gasteiger partial charge is 0.462 e. The van der Waals surface area contributed by atoms with Crippen LogP contribution in [0.15, 0.2) is 11.6 Å². The molecule has 0 aromatic rings. The average Bonchev–Trinajstić information content (AvgIpc) is 3.17. The first-order valence-corrected chi connectivity index (χ1v) is 10.6. The summed E-state index contributed by atoms with van der Waals surface area (Å²) in [7, 11) is 0. The number of rotatable bonds is 4. The summed E-state index contributed by atoms with van der Waals surface area (Å²) in [6.07, 6.45) is 1.89. The van der Waals surface area contributed by atoms with E-state index in [0.717, 1.165) is 0 Å². The van der Waals surface area contributed by atoms with Gasteiger partial charge in [0, 0.05) is 30.8 Å². The number of esters is 3. The molecule has 2 saturated carbocycles. The van der Waals surface area contributed by atoms with Crippen LogP contribution in [0.3, 0.4) is 0 Å². The van der Waals surface area contributed by atoms with Gasteiger partial charge in [0.25, 0.3) is 0 Å². The SMILES string of the molecule is C/C=C(\C)C(=O)O[C@H]1C[C@@](C)(O)[C@@]23C[C@H]4[C@@H](C[C@@H](C)[C@H]12)OC(=O)[C@@]4(COC(C)=O)O3. The Balaban J connectivity index is 1.74. The molecule has 2 aliphatic carbocycles. The summed E-state index contributed by atoms with van der Waals surface area (Å²) in [6, 6.07) is 0. The van der Waals surface area contributed by atoms with Gasteiger partial charge in [-0.25, -0.2) is 9.59 Å². The van der Waals surface area contributed by atoms with Crippen molar-refractivity contribution >= 4 is 17.9 Å². The fraction of sp³-hybridized carbons (Fsp3) is 0.773. The molecule has 2 heterocycles. The van der Waals surface area contributed by atoms with Crippen LogP contribution in [0.5, 0.6) is 0 Å². The van der Waals surface area contributed by atoms with Crippen molar-refractivity contribution in [1.82, 2.24) is 0 Å². The zero-order chi connectivity index (χ0) is 22.1. The molecule has 2 aliphatic heterocycles. The molecule has 4 fully saturated rings. The minimum Gasteiger partial charge on any atom is -0.462 e. The Morgan fingerprint density at radius 1 is 1.30 bits per heavy atom. The van der Waals surface area contributed by atoms with Crippen LogP contribution in [0, 0.1) is 17.8 Å².